The maximum atomic E-state index is 13.5. The van der Waals surface area contributed by atoms with Gasteiger partial charge in [-0.3, -0.25) is 0 Å². The number of nitriles is 1. The van der Waals surface area contributed by atoms with Crippen LogP contribution in [-0.2, 0) is 0 Å². The van der Waals surface area contributed by atoms with Crippen molar-refractivity contribution in [1.29, 1.82) is 5.26 Å². The molecule has 23 heavy (non-hydrogen) atoms. The molecule has 0 unspecified atom stereocenters. The Kier molecular flexibility index (Phi) is 4.05. The largest absolute Gasteiger partial charge is 0.244 e. The van der Waals surface area contributed by atoms with Crippen LogP contribution in [0.15, 0.2) is 48.8 Å². The summed E-state index contributed by atoms with van der Waals surface area (Å²) in [7, 11) is 0. The highest BCUT2D eigenvalue weighted by Gasteiger charge is 2.04. The molecule has 0 spiro atoms. The Morgan fingerprint density at radius 3 is 2.74 bits per heavy atom. The molecule has 0 aliphatic heterocycles. The number of benzene rings is 1. The van der Waals surface area contributed by atoms with Gasteiger partial charge in [0.1, 0.15) is 16.7 Å². The van der Waals surface area contributed by atoms with E-state index in [1.165, 1.54) is 16.8 Å². The predicted octanol–water partition coefficient (Wildman–Crippen LogP) is 3.33. The van der Waals surface area contributed by atoms with E-state index in [2.05, 4.69) is 21.9 Å². The van der Waals surface area contributed by atoms with Crippen molar-refractivity contribution >= 4 is 11.6 Å². The quantitative estimate of drug-likeness (QED) is 0.510. The molecule has 0 N–H and O–H groups in total. The first-order valence-electron chi connectivity index (χ1n) is 6.54. The minimum absolute atomic E-state index is 0.231. The summed E-state index contributed by atoms with van der Waals surface area (Å²) in [6.45, 7) is 0. The first kappa shape index (κ1) is 14.8. The normalized spacial score (nSPS) is 9.78. The maximum absolute atomic E-state index is 13.5. The van der Waals surface area contributed by atoms with Gasteiger partial charge in [0, 0.05) is 18.0 Å². The van der Waals surface area contributed by atoms with Crippen molar-refractivity contribution in [1.82, 2.24) is 14.8 Å². The van der Waals surface area contributed by atoms with Crippen molar-refractivity contribution in [2.75, 3.05) is 0 Å². The minimum Gasteiger partial charge on any atom is -0.244 e. The molecule has 2 heterocycles. The third-order valence-corrected chi connectivity index (χ3v) is 3.13. The smallest absolute Gasteiger partial charge is 0.136 e. The molecular formula is C17H8ClFN4. The third kappa shape index (κ3) is 3.55. The summed E-state index contributed by atoms with van der Waals surface area (Å²) < 4.78 is 14.9. The van der Waals surface area contributed by atoms with Crippen LogP contribution in [0.2, 0.25) is 5.15 Å². The van der Waals surface area contributed by atoms with Crippen molar-refractivity contribution in [2.24, 2.45) is 0 Å². The molecule has 1 aromatic carbocycles. The van der Waals surface area contributed by atoms with Gasteiger partial charge in [-0.1, -0.05) is 17.5 Å². The molecule has 0 aliphatic carbocycles. The van der Waals surface area contributed by atoms with Crippen molar-refractivity contribution < 1.29 is 4.39 Å². The molecule has 0 fully saturated rings. The van der Waals surface area contributed by atoms with Gasteiger partial charge in [-0.2, -0.15) is 10.4 Å². The molecular weight excluding hydrogens is 315 g/mol. The average Bonchev–Trinajstić information content (AvgIpc) is 3.01. The Hall–Kier alpha value is -3.15. The van der Waals surface area contributed by atoms with Gasteiger partial charge >= 0.3 is 0 Å². The van der Waals surface area contributed by atoms with Gasteiger partial charge in [0.25, 0.3) is 0 Å². The van der Waals surface area contributed by atoms with Crippen LogP contribution in [0.25, 0.3) is 5.69 Å². The van der Waals surface area contributed by atoms with Crippen LogP contribution in [-0.4, -0.2) is 14.8 Å². The molecule has 6 heteroatoms. The molecule has 110 valence electrons. The summed E-state index contributed by atoms with van der Waals surface area (Å²) in [4.78, 5) is 3.88. The zero-order valence-corrected chi connectivity index (χ0v) is 12.4. The standard InChI is InChI=1S/C17H8ClFN4/c18-17-9-12(3-5-21-17)1-2-15-4-6-23(22-15)16-8-13(11-20)7-14(19)10-16/h3-10H. The molecule has 0 amide bonds. The summed E-state index contributed by atoms with van der Waals surface area (Å²) in [5, 5.41) is 13.5. The lowest BCUT2D eigenvalue weighted by atomic mass is 10.2. The molecule has 3 aromatic rings. The summed E-state index contributed by atoms with van der Waals surface area (Å²) in [6, 6.07) is 11.0. The van der Waals surface area contributed by atoms with Crippen LogP contribution in [0.5, 0.6) is 0 Å². The van der Waals surface area contributed by atoms with Crippen molar-refractivity contribution in [3.63, 3.8) is 0 Å². The van der Waals surface area contributed by atoms with Gasteiger partial charge in [0.05, 0.1) is 17.3 Å². The maximum Gasteiger partial charge on any atom is 0.136 e. The van der Waals surface area contributed by atoms with Gasteiger partial charge < -0.3 is 0 Å². The average molecular weight is 323 g/mol. The number of hydrogen-bond donors (Lipinski definition) is 0. The molecule has 0 radical (unpaired) electrons. The summed E-state index contributed by atoms with van der Waals surface area (Å²) in [5.41, 5.74) is 1.92. The summed E-state index contributed by atoms with van der Waals surface area (Å²) in [5.74, 6) is 5.33. The Morgan fingerprint density at radius 1 is 1.09 bits per heavy atom. The zero-order chi connectivity index (χ0) is 16.2. The fourth-order valence-electron chi connectivity index (χ4n) is 1.92. The van der Waals surface area contributed by atoms with Crippen molar-refractivity contribution in [2.45, 2.75) is 0 Å². The van der Waals surface area contributed by atoms with Crippen molar-refractivity contribution in [3.8, 4) is 23.6 Å². The zero-order valence-electron chi connectivity index (χ0n) is 11.7. The Bertz CT molecular complexity index is 976. The number of hydrogen-bond acceptors (Lipinski definition) is 3. The topological polar surface area (TPSA) is 54.5 Å². The summed E-state index contributed by atoms with van der Waals surface area (Å²) in [6.07, 6.45) is 3.22. The molecule has 0 saturated heterocycles. The predicted molar refractivity (Wildman–Crippen MR) is 83.5 cm³/mol. The van der Waals surface area contributed by atoms with E-state index in [1.54, 1.807) is 36.7 Å². The number of halogens is 2. The van der Waals surface area contributed by atoms with E-state index < -0.39 is 5.82 Å². The fraction of sp³-hybridized carbons (Fsp3) is 0. The molecule has 2 aromatic heterocycles. The Morgan fingerprint density at radius 2 is 1.96 bits per heavy atom. The first-order valence-corrected chi connectivity index (χ1v) is 6.92. The van der Waals surface area contributed by atoms with Gasteiger partial charge in [-0.25, -0.2) is 14.1 Å². The van der Waals surface area contributed by atoms with E-state index in [0.717, 1.165) is 5.56 Å². The van der Waals surface area contributed by atoms with E-state index in [9.17, 15) is 4.39 Å². The first-order chi connectivity index (χ1) is 11.1. The molecule has 0 bridgehead atoms. The second kappa shape index (κ2) is 6.31. The van der Waals surface area contributed by atoms with E-state index >= 15 is 0 Å². The Labute approximate surface area is 136 Å². The van der Waals surface area contributed by atoms with Crippen LogP contribution < -0.4 is 0 Å². The molecule has 0 atom stereocenters. The second-order valence-corrected chi connectivity index (χ2v) is 4.96. The third-order valence-electron chi connectivity index (χ3n) is 2.93. The lowest BCUT2D eigenvalue weighted by Crippen LogP contribution is -1.97. The molecule has 3 rings (SSSR count). The summed E-state index contributed by atoms with van der Waals surface area (Å²) >= 11 is 5.79. The van der Waals surface area contributed by atoms with E-state index in [4.69, 9.17) is 16.9 Å². The van der Waals surface area contributed by atoms with Crippen LogP contribution in [0.1, 0.15) is 16.8 Å². The molecule has 4 nitrogen and oxygen atoms in total. The minimum atomic E-state index is -0.492. The number of nitrogens with zero attached hydrogens (tertiary/aromatic N) is 4. The highest BCUT2D eigenvalue weighted by molar-refractivity contribution is 6.29. The number of rotatable bonds is 1. The molecule has 0 saturated carbocycles. The lowest BCUT2D eigenvalue weighted by Gasteiger charge is -2.01. The highest BCUT2D eigenvalue weighted by atomic mass is 35.5. The number of aromatic nitrogens is 3. The van der Waals surface area contributed by atoms with E-state index in [0.29, 0.717) is 16.5 Å². The SMILES string of the molecule is N#Cc1cc(F)cc(-n2ccc(C#Cc3ccnc(Cl)c3)n2)c1. The van der Waals surface area contributed by atoms with E-state index in [1.807, 2.05) is 6.07 Å². The monoisotopic (exact) mass is 322 g/mol. The van der Waals surface area contributed by atoms with Crippen LogP contribution >= 0.6 is 11.6 Å². The van der Waals surface area contributed by atoms with Crippen LogP contribution in [0.3, 0.4) is 0 Å². The van der Waals surface area contributed by atoms with Gasteiger partial charge in [-0.05, 0) is 42.3 Å². The highest BCUT2D eigenvalue weighted by Crippen LogP contribution is 2.13. The fourth-order valence-corrected chi connectivity index (χ4v) is 2.10. The van der Waals surface area contributed by atoms with Crippen molar-refractivity contribution in [3.05, 3.63) is 76.6 Å². The Balaban J connectivity index is 1.90. The van der Waals surface area contributed by atoms with Crippen LogP contribution in [0, 0.1) is 29.0 Å². The van der Waals surface area contributed by atoms with E-state index in [-0.39, 0.29) is 5.56 Å². The van der Waals surface area contributed by atoms with Gasteiger partial charge in [-0.15, -0.1) is 0 Å². The number of pyridine rings is 1. The molecule has 0 aliphatic rings. The van der Waals surface area contributed by atoms with Gasteiger partial charge in [0.15, 0.2) is 0 Å². The second-order valence-electron chi connectivity index (χ2n) is 4.57. The lowest BCUT2D eigenvalue weighted by molar-refractivity contribution is 0.625. The van der Waals surface area contributed by atoms with Crippen LogP contribution in [0.4, 0.5) is 4.39 Å². The van der Waals surface area contributed by atoms with Gasteiger partial charge in [0.2, 0.25) is 0 Å².